The summed E-state index contributed by atoms with van der Waals surface area (Å²) in [5.41, 5.74) is 1.76. The topological polar surface area (TPSA) is 167 Å². The summed E-state index contributed by atoms with van der Waals surface area (Å²) < 4.78 is 51.0. The normalized spacial score (nSPS) is 12.0. The minimum atomic E-state index is -3.82. The number of benzene rings is 2. The molecule has 2 aromatic carbocycles. The Morgan fingerprint density at radius 1 is 0.891 bits per heavy atom. The molecule has 0 aliphatic heterocycles. The second-order valence-electron chi connectivity index (χ2n) is 9.11. The fraction of sp³-hybridized carbons (Fsp3) is 0.290. The van der Waals surface area contributed by atoms with E-state index < -0.39 is 19.6 Å². The van der Waals surface area contributed by atoms with Gasteiger partial charge in [0, 0.05) is 6.08 Å². The van der Waals surface area contributed by atoms with Gasteiger partial charge in [0.25, 0.3) is 0 Å². The molecule has 1 aromatic heterocycles. The molecule has 0 saturated heterocycles. The highest BCUT2D eigenvalue weighted by Gasteiger charge is 2.28. The van der Waals surface area contributed by atoms with E-state index in [2.05, 4.69) is 15.0 Å². The van der Waals surface area contributed by atoms with Crippen molar-refractivity contribution in [1.82, 2.24) is 15.0 Å². The number of phosphoric ester groups is 1. The van der Waals surface area contributed by atoms with Crippen molar-refractivity contribution in [3.8, 4) is 23.0 Å². The van der Waals surface area contributed by atoms with Crippen LogP contribution in [0, 0.1) is 0 Å². The number of hydrogen-bond acceptors (Lipinski definition) is 13. The molecular weight excluding hydrogens is 621 g/mol. The number of ether oxygens (including phenoxy) is 4. The third-order valence-electron chi connectivity index (χ3n) is 5.82. The van der Waals surface area contributed by atoms with E-state index >= 15 is 0 Å². The maximum atomic E-state index is 12.7. The molecule has 1 heterocycles. The van der Waals surface area contributed by atoms with E-state index in [1.807, 2.05) is 0 Å². The molecule has 0 amide bonds. The van der Waals surface area contributed by atoms with Gasteiger partial charge in [0.2, 0.25) is 0 Å². The fourth-order valence-electron chi connectivity index (χ4n) is 3.73. The summed E-state index contributed by atoms with van der Waals surface area (Å²) in [6.45, 7) is 3.61. The first kappa shape index (κ1) is 35.6. The van der Waals surface area contributed by atoms with Crippen LogP contribution < -0.4 is 18.7 Å². The highest BCUT2D eigenvalue weighted by Crippen LogP contribution is 2.51. The zero-order valence-corrected chi connectivity index (χ0v) is 27.0. The first-order valence-corrected chi connectivity index (χ1v) is 15.4. The van der Waals surface area contributed by atoms with Crippen LogP contribution in [0.25, 0.3) is 12.2 Å². The molecule has 14 nitrogen and oxygen atoms in total. The highest BCUT2D eigenvalue weighted by molar-refractivity contribution is 7.48. The maximum absolute atomic E-state index is 12.7. The third-order valence-corrected chi connectivity index (χ3v) is 7.39. The summed E-state index contributed by atoms with van der Waals surface area (Å²) in [5, 5.41) is 18.1. The first-order valence-electron chi connectivity index (χ1n) is 14.0. The third kappa shape index (κ3) is 10.9. The SMILES string of the molecule is CCOP(=O)(OCC)Oc1ccc(/C=C/C(=O)/C=C(O)/C=C/c2ccc(OCc3cn(CC(=O)OC)nn3)c(OC)c2)cc1OC. The number of phosphoric acid groups is 1. The molecule has 0 aliphatic rings. The number of rotatable bonds is 18. The Kier molecular flexibility index (Phi) is 13.6. The molecule has 0 atom stereocenters. The predicted octanol–water partition coefficient (Wildman–Crippen LogP) is 5.34. The van der Waals surface area contributed by atoms with Crippen LogP contribution in [0.5, 0.6) is 23.0 Å². The molecule has 0 bridgehead atoms. The molecule has 246 valence electrons. The largest absolute Gasteiger partial charge is 0.530 e. The van der Waals surface area contributed by atoms with Crippen LogP contribution in [-0.2, 0) is 41.1 Å². The maximum Gasteiger partial charge on any atom is 0.530 e. The average Bonchev–Trinajstić information content (AvgIpc) is 3.49. The van der Waals surface area contributed by atoms with Gasteiger partial charge < -0.3 is 28.6 Å². The molecular formula is C31H36N3O11P. The summed E-state index contributed by atoms with van der Waals surface area (Å²) in [4.78, 5) is 23.8. The Hall–Kier alpha value is -4.91. The number of allylic oxidation sites excluding steroid dienone is 3. The lowest BCUT2D eigenvalue weighted by molar-refractivity contribution is -0.141. The predicted molar refractivity (Wildman–Crippen MR) is 168 cm³/mol. The van der Waals surface area contributed by atoms with E-state index in [4.69, 9.17) is 27.8 Å². The lowest BCUT2D eigenvalue weighted by atomic mass is 10.1. The summed E-state index contributed by atoms with van der Waals surface area (Å²) in [7, 11) is 0.371. The van der Waals surface area contributed by atoms with Crippen LogP contribution >= 0.6 is 7.82 Å². The lowest BCUT2D eigenvalue weighted by Gasteiger charge is -2.18. The van der Waals surface area contributed by atoms with Gasteiger partial charge in [0.15, 0.2) is 28.8 Å². The van der Waals surface area contributed by atoms with Gasteiger partial charge in [0.1, 0.15) is 24.6 Å². The number of nitrogens with zero attached hydrogens (tertiary/aromatic N) is 3. The van der Waals surface area contributed by atoms with Gasteiger partial charge in [-0.15, -0.1) is 5.10 Å². The second kappa shape index (κ2) is 17.5. The molecule has 0 saturated carbocycles. The molecule has 0 unspecified atom stereocenters. The van der Waals surface area contributed by atoms with Crippen molar-refractivity contribution in [2.24, 2.45) is 0 Å². The Balaban J connectivity index is 1.61. The van der Waals surface area contributed by atoms with Gasteiger partial charge >= 0.3 is 13.8 Å². The Labute approximate surface area is 266 Å². The molecule has 3 rings (SSSR count). The van der Waals surface area contributed by atoms with E-state index in [1.165, 1.54) is 50.3 Å². The summed E-state index contributed by atoms with van der Waals surface area (Å²) in [5.74, 6) is 0.0853. The van der Waals surface area contributed by atoms with Crippen molar-refractivity contribution < 1.29 is 51.8 Å². The van der Waals surface area contributed by atoms with E-state index in [0.717, 1.165) is 6.08 Å². The standard InChI is InChI=1S/C31H36N3O11P/c1-6-43-46(38,44-7-2)45-28-15-11-23(17-30(28)40-4)9-13-26(36)18-25(35)12-8-22-10-14-27(29(16-22)39-3)42-21-24-19-34(33-32-24)20-31(37)41-5/h8-19,35H,6-7,20-21H2,1-5H3/b12-8+,13-9+,25-18-. The van der Waals surface area contributed by atoms with Gasteiger partial charge in [-0.25, -0.2) is 9.25 Å². The van der Waals surface area contributed by atoms with E-state index in [-0.39, 0.29) is 43.6 Å². The molecule has 46 heavy (non-hydrogen) atoms. The van der Waals surface area contributed by atoms with Crippen molar-refractivity contribution in [2.45, 2.75) is 27.0 Å². The van der Waals surface area contributed by atoms with Crippen molar-refractivity contribution in [2.75, 3.05) is 34.5 Å². The van der Waals surface area contributed by atoms with Gasteiger partial charge in [0.05, 0.1) is 40.7 Å². The van der Waals surface area contributed by atoms with Crippen LogP contribution in [0.1, 0.15) is 30.7 Å². The van der Waals surface area contributed by atoms with Crippen molar-refractivity contribution in [1.29, 1.82) is 0 Å². The minimum Gasteiger partial charge on any atom is -0.508 e. The minimum absolute atomic E-state index is 0.0624. The fourth-order valence-corrected chi connectivity index (χ4v) is 4.93. The van der Waals surface area contributed by atoms with Crippen LogP contribution in [0.15, 0.2) is 66.6 Å². The summed E-state index contributed by atoms with van der Waals surface area (Å²) >= 11 is 0. The van der Waals surface area contributed by atoms with Gasteiger partial charge in [-0.3, -0.25) is 18.6 Å². The van der Waals surface area contributed by atoms with Crippen molar-refractivity contribution in [3.63, 3.8) is 0 Å². The monoisotopic (exact) mass is 657 g/mol. The molecule has 3 aromatic rings. The molecule has 0 aliphatic carbocycles. The Bertz CT molecular complexity index is 1620. The summed E-state index contributed by atoms with van der Waals surface area (Å²) in [6.07, 6.45) is 8.39. The van der Waals surface area contributed by atoms with Gasteiger partial charge in [-0.05, 0) is 61.4 Å². The average molecular weight is 658 g/mol. The first-order chi connectivity index (χ1) is 22.1. The lowest BCUT2D eigenvalue weighted by Crippen LogP contribution is -2.11. The quantitative estimate of drug-likeness (QED) is 0.0612. The van der Waals surface area contributed by atoms with Gasteiger partial charge in [-0.1, -0.05) is 29.5 Å². The van der Waals surface area contributed by atoms with E-state index in [0.29, 0.717) is 28.3 Å². The molecule has 0 spiro atoms. The molecule has 15 heteroatoms. The number of aliphatic hydroxyl groups excluding tert-OH is 1. The number of methoxy groups -OCH3 is 3. The van der Waals surface area contributed by atoms with E-state index in [1.54, 1.807) is 56.5 Å². The molecule has 0 fully saturated rings. The van der Waals surface area contributed by atoms with Crippen LogP contribution in [0.3, 0.4) is 0 Å². The zero-order valence-electron chi connectivity index (χ0n) is 26.1. The molecule has 0 radical (unpaired) electrons. The smallest absolute Gasteiger partial charge is 0.508 e. The number of hydrogen-bond donors (Lipinski definition) is 1. The Morgan fingerprint density at radius 3 is 2.11 bits per heavy atom. The number of carbonyl (C=O) groups is 2. The number of carbonyl (C=O) groups excluding carboxylic acids is 2. The van der Waals surface area contributed by atoms with Crippen molar-refractivity contribution in [3.05, 3.63) is 83.4 Å². The number of ketones is 1. The highest BCUT2D eigenvalue weighted by atomic mass is 31.2. The van der Waals surface area contributed by atoms with Crippen LogP contribution in [0.2, 0.25) is 0 Å². The van der Waals surface area contributed by atoms with Gasteiger partial charge in [-0.2, -0.15) is 0 Å². The Morgan fingerprint density at radius 2 is 1.50 bits per heavy atom. The number of esters is 1. The van der Waals surface area contributed by atoms with E-state index in [9.17, 15) is 19.3 Å². The summed E-state index contributed by atoms with van der Waals surface area (Å²) in [6, 6.07) is 9.84. The second-order valence-corrected chi connectivity index (χ2v) is 10.7. The van der Waals surface area contributed by atoms with Crippen LogP contribution in [-0.4, -0.2) is 66.4 Å². The molecule has 1 N–H and O–H groups in total. The van der Waals surface area contributed by atoms with Crippen molar-refractivity contribution >= 4 is 31.7 Å². The number of aromatic nitrogens is 3. The zero-order chi connectivity index (χ0) is 33.5. The number of aliphatic hydroxyl groups is 1. The van der Waals surface area contributed by atoms with Crippen LogP contribution in [0.4, 0.5) is 0 Å².